The SMILES string of the molecule is Cn1ccc(C(NC(=O)c2c[nH]c(C(=O)O)c2)c2ccccc2)n1. The van der Waals surface area contributed by atoms with Crippen LogP contribution in [0.4, 0.5) is 0 Å². The molecule has 0 fully saturated rings. The highest BCUT2D eigenvalue weighted by Crippen LogP contribution is 2.21. The minimum absolute atomic E-state index is 0.0331. The molecule has 7 heteroatoms. The Hall–Kier alpha value is -3.35. The van der Waals surface area contributed by atoms with Crippen LogP contribution in [0.3, 0.4) is 0 Å². The number of carbonyl (C=O) groups excluding carboxylic acids is 1. The number of carboxylic acid groups (broad SMARTS) is 1. The van der Waals surface area contributed by atoms with Gasteiger partial charge in [0.25, 0.3) is 5.91 Å². The number of carbonyl (C=O) groups is 2. The molecule has 1 aromatic carbocycles. The van der Waals surface area contributed by atoms with E-state index in [4.69, 9.17) is 5.11 Å². The maximum Gasteiger partial charge on any atom is 0.352 e. The van der Waals surface area contributed by atoms with E-state index in [1.54, 1.807) is 17.9 Å². The van der Waals surface area contributed by atoms with Gasteiger partial charge in [-0.2, -0.15) is 5.10 Å². The lowest BCUT2D eigenvalue weighted by molar-refractivity contribution is 0.0691. The summed E-state index contributed by atoms with van der Waals surface area (Å²) < 4.78 is 1.66. The lowest BCUT2D eigenvalue weighted by Crippen LogP contribution is -2.29. The summed E-state index contributed by atoms with van der Waals surface area (Å²) in [6, 6.07) is 12.2. The van der Waals surface area contributed by atoms with E-state index < -0.39 is 12.0 Å². The highest BCUT2D eigenvalue weighted by atomic mass is 16.4. The van der Waals surface area contributed by atoms with Gasteiger partial charge in [-0.15, -0.1) is 0 Å². The standard InChI is InChI=1S/C17H16N4O3/c1-21-8-7-13(20-21)15(11-5-3-2-4-6-11)19-16(22)12-9-14(17(23)24)18-10-12/h2-10,15,18H,1H3,(H,19,22)(H,23,24). The van der Waals surface area contributed by atoms with Crippen LogP contribution in [-0.4, -0.2) is 31.7 Å². The highest BCUT2D eigenvalue weighted by Gasteiger charge is 2.21. The molecule has 24 heavy (non-hydrogen) atoms. The normalized spacial score (nSPS) is 11.9. The van der Waals surface area contributed by atoms with Crippen molar-refractivity contribution in [2.45, 2.75) is 6.04 Å². The molecule has 1 unspecified atom stereocenters. The number of aromatic carboxylic acids is 1. The number of carboxylic acids is 1. The summed E-state index contributed by atoms with van der Waals surface area (Å²) in [5, 5.41) is 16.2. The third-order valence-corrected chi connectivity index (χ3v) is 3.61. The van der Waals surface area contributed by atoms with Gasteiger partial charge >= 0.3 is 5.97 Å². The molecular formula is C17H16N4O3. The Labute approximate surface area is 137 Å². The number of hydrogen-bond acceptors (Lipinski definition) is 3. The second-order valence-electron chi connectivity index (χ2n) is 5.34. The van der Waals surface area contributed by atoms with Gasteiger partial charge in [0.15, 0.2) is 0 Å². The maximum atomic E-state index is 12.5. The molecule has 0 aliphatic heterocycles. The van der Waals surface area contributed by atoms with Gasteiger partial charge in [-0.1, -0.05) is 30.3 Å². The van der Waals surface area contributed by atoms with Gasteiger partial charge < -0.3 is 15.4 Å². The molecule has 0 spiro atoms. The molecule has 3 N–H and O–H groups in total. The first-order chi connectivity index (χ1) is 11.5. The molecule has 2 aromatic heterocycles. The van der Waals surface area contributed by atoms with E-state index in [-0.39, 0.29) is 17.2 Å². The number of amides is 1. The van der Waals surface area contributed by atoms with Crippen LogP contribution in [0.1, 0.15) is 38.1 Å². The summed E-state index contributed by atoms with van der Waals surface area (Å²) in [6.45, 7) is 0. The smallest absolute Gasteiger partial charge is 0.352 e. The lowest BCUT2D eigenvalue weighted by Gasteiger charge is -2.17. The molecule has 0 aliphatic rings. The average molecular weight is 324 g/mol. The van der Waals surface area contributed by atoms with Gasteiger partial charge in [0.2, 0.25) is 0 Å². The summed E-state index contributed by atoms with van der Waals surface area (Å²) in [6.07, 6.45) is 3.18. The second kappa shape index (κ2) is 6.41. The van der Waals surface area contributed by atoms with Crippen molar-refractivity contribution in [3.05, 3.63) is 77.4 Å². The van der Waals surface area contributed by atoms with Crippen molar-refractivity contribution >= 4 is 11.9 Å². The summed E-state index contributed by atoms with van der Waals surface area (Å²) in [5.74, 6) is -1.49. The zero-order valence-corrected chi connectivity index (χ0v) is 12.9. The van der Waals surface area contributed by atoms with Crippen LogP contribution in [0.5, 0.6) is 0 Å². The molecule has 3 rings (SSSR count). The van der Waals surface area contributed by atoms with Gasteiger partial charge in [-0.25, -0.2) is 4.79 Å². The number of nitrogens with zero attached hydrogens (tertiary/aromatic N) is 2. The highest BCUT2D eigenvalue weighted by molar-refractivity contribution is 5.97. The van der Waals surface area contributed by atoms with Crippen LogP contribution in [-0.2, 0) is 7.05 Å². The fourth-order valence-corrected chi connectivity index (χ4v) is 2.42. The monoisotopic (exact) mass is 324 g/mol. The average Bonchev–Trinajstić information content (AvgIpc) is 3.22. The Bertz CT molecular complexity index is 867. The van der Waals surface area contributed by atoms with Crippen LogP contribution in [0.2, 0.25) is 0 Å². The van der Waals surface area contributed by atoms with Crippen molar-refractivity contribution in [1.82, 2.24) is 20.1 Å². The molecule has 3 aromatic rings. The van der Waals surface area contributed by atoms with Crippen LogP contribution in [0.15, 0.2) is 54.9 Å². The first-order valence-corrected chi connectivity index (χ1v) is 7.31. The number of benzene rings is 1. The molecule has 0 saturated heterocycles. The van der Waals surface area contributed by atoms with Crippen molar-refractivity contribution in [3.8, 4) is 0 Å². The van der Waals surface area contributed by atoms with Crippen LogP contribution in [0, 0.1) is 0 Å². The van der Waals surface area contributed by atoms with Gasteiger partial charge in [0, 0.05) is 19.4 Å². The number of H-pyrrole nitrogens is 1. The minimum atomic E-state index is -1.11. The summed E-state index contributed by atoms with van der Waals surface area (Å²) in [4.78, 5) is 26.0. The predicted molar refractivity (Wildman–Crippen MR) is 86.7 cm³/mol. The third-order valence-electron chi connectivity index (χ3n) is 3.61. The van der Waals surface area contributed by atoms with Gasteiger partial charge in [-0.05, 0) is 17.7 Å². The fraction of sp³-hybridized carbons (Fsp3) is 0.118. The largest absolute Gasteiger partial charge is 0.477 e. The van der Waals surface area contributed by atoms with Gasteiger partial charge in [-0.3, -0.25) is 9.48 Å². The molecule has 0 saturated carbocycles. The van der Waals surface area contributed by atoms with Crippen LogP contribution < -0.4 is 5.32 Å². The fourth-order valence-electron chi connectivity index (χ4n) is 2.42. The molecule has 0 aliphatic carbocycles. The summed E-state index contributed by atoms with van der Waals surface area (Å²) in [7, 11) is 1.80. The predicted octanol–water partition coefficient (Wildman–Crippen LogP) is 1.97. The van der Waals surface area contributed by atoms with Crippen molar-refractivity contribution in [2.75, 3.05) is 0 Å². The zero-order chi connectivity index (χ0) is 17.1. The van der Waals surface area contributed by atoms with Gasteiger partial charge in [0.05, 0.1) is 17.3 Å². The van der Waals surface area contributed by atoms with Crippen LogP contribution >= 0.6 is 0 Å². The lowest BCUT2D eigenvalue weighted by atomic mass is 10.0. The van der Waals surface area contributed by atoms with E-state index in [2.05, 4.69) is 15.4 Å². The number of aromatic nitrogens is 3. The molecule has 2 heterocycles. The van der Waals surface area contributed by atoms with E-state index in [0.29, 0.717) is 5.69 Å². The van der Waals surface area contributed by atoms with Gasteiger partial charge in [0.1, 0.15) is 5.69 Å². The summed E-state index contributed by atoms with van der Waals surface area (Å²) in [5.41, 5.74) is 1.81. The minimum Gasteiger partial charge on any atom is -0.477 e. The van der Waals surface area contributed by atoms with E-state index >= 15 is 0 Å². The molecule has 0 radical (unpaired) electrons. The van der Waals surface area contributed by atoms with Crippen molar-refractivity contribution in [1.29, 1.82) is 0 Å². The van der Waals surface area contributed by atoms with Crippen molar-refractivity contribution in [3.63, 3.8) is 0 Å². The molecule has 7 nitrogen and oxygen atoms in total. The number of rotatable bonds is 5. The van der Waals surface area contributed by atoms with E-state index in [1.807, 2.05) is 36.4 Å². The number of nitrogens with one attached hydrogen (secondary N) is 2. The van der Waals surface area contributed by atoms with Crippen molar-refractivity contribution in [2.24, 2.45) is 7.05 Å². The topological polar surface area (TPSA) is 100 Å². The molecule has 0 bridgehead atoms. The Morgan fingerprint density at radius 2 is 2.00 bits per heavy atom. The number of hydrogen-bond donors (Lipinski definition) is 3. The third kappa shape index (κ3) is 3.19. The Morgan fingerprint density at radius 1 is 1.25 bits per heavy atom. The molecular weight excluding hydrogens is 308 g/mol. The molecule has 1 amide bonds. The summed E-state index contributed by atoms with van der Waals surface area (Å²) >= 11 is 0. The number of aryl methyl sites for hydroxylation is 1. The maximum absolute atomic E-state index is 12.5. The molecule has 1 atom stereocenters. The Morgan fingerprint density at radius 3 is 2.58 bits per heavy atom. The molecule has 122 valence electrons. The number of aromatic amines is 1. The first kappa shape index (κ1) is 15.5. The second-order valence-corrected chi connectivity index (χ2v) is 5.34. The van der Waals surface area contributed by atoms with E-state index in [0.717, 1.165) is 5.56 Å². The van der Waals surface area contributed by atoms with Crippen molar-refractivity contribution < 1.29 is 14.7 Å². The zero-order valence-electron chi connectivity index (χ0n) is 12.9. The van der Waals surface area contributed by atoms with E-state index in [1.165, 1.54) is 12.3 Å². The Kier molecular flexibility index (Phi) is 4.15. The van der Waals surface area contributed by atoms with E-state index in [9.17, 15) is 9.59 Å². The van der Waals surface area contributed by atoms with Crippen LogP contribution in [0.25, 0.3) is 0 Å². The Balaban J connectivity index is 1.88. The quantitative estimate of drug-likeness (QED) is 0.668. The first-order valence-electron chi connectivity index (χ1n) is 7.31.